The van der Waals surface area contributed by atoms with Crippen molar-refractivity contribution in [2.75, 3.05) is 0 Å². The van der Waals surface area contributed by atoms with Crippen molar-refractivity contribution in [1.82, 2.24) is 0 Å². The van der Waals surface area contributed by atoms with Crippen LogP contribution in [0.5, 0.6) is 5.75 Å². The van der Waals surface area contributed by atoms with Gasteiger partial charge in [0.25, 0.3) is 0 Å². The molecule has 0 atom stereocenters. The molecule has 0 bridgehead atoms. The second-order valence-electron chi connectivity index (χ2n) is 4.93. The number of phenolic OH excluding ortho intramolecular Hbond substituents is 1. The third kappa shape index (κ3) is 6.79. The van der Waals surface area contributed by atoms with Crippen molar-refractivity contribution in [1.29, 1.82) is 0 Å². The molecule has 0 fully saturated rings. The molecule has 0 aliphatic heterocycles. The van der Waals surface area contributed by atoms with E-state index in [1.54, 1.807) is 6.21 Å². The summed E-state index contributed by atoms with van der Waals surface area (Å²) >= 11 is -0.826. The van der Waals surface area contributed by atoms with Gasteiger partial charge in [-0.15, -0.1) is 0 Å². The molecule has 122 valence electrons. The van der Waals surface area contributed by atoms with E-state index >= 15 is 0 Å². The number of aromatic hydroxyl groups is 1. The fourth-order valence-electron chi connectivity index (χ4n) is 2.20. The van der Waals surface area contributed by atoms with E-state index in [0.29, 0.717) is 11.8 Å². The fourth-order valence-corrected chi connectivity index (χ4v) is 2.20. The van der Waals surface area contributed by atoms with E-state index in [4.69, 9.17) is 17.0 Å². The Bertz CT molecular complexity index is 601. The SMILES string of the molecule is CCC(CC)N=Cc1cccc(-c2ccccc2)c1O.[Cl][Zr][Cl]. The minimum absolute atomic E-state index is 0.299. The number of aliphatic imine (C=N–C) groups is 1. The third-order valence-electron chi connectivity index (χ3n) is 3.52. The normalized spacial score (nSPS) is 10.5. The van der Waals surface area contributed by atoms with Gasteiger partial charge in [-0.2, -0.15) is 0 Å². The topological polar surface area (TPSA) is 32.6 Å². The Morgan fingerprint density at radius 3 is 2.22 bits per heavy atom. The van der Waals surface area contributed by atoms with E-state index in [-0.39, 0.29) is 0 Å². The third-order valence-corrected chi connectivity index (χ3v) is 3.52. The molecule has 0 heterocycles. The van der Waals surface area contributed by atoms with Crippen molar-refractivity contribution < 1.29 is 26.0 Å². The van der Waals surface area contributed by atoms with Crippen molar-refractivity contribution in [3.63, 3.8) is 0 Å². The van der Waals surface area contributed by atoms with Crippen LogP contribution >= 0.6 is 17.0 Å². The Labute approximate surface area is 157 Å². The van der Waals surface area contributed by atoms with Gasteiger partial charge in [-0.25, -0.2) is 0 Å². The number of para-hydroxylation sites is 1. The number of rotatable bonds is 5. The fraction of sp³-hybridized carbons (Fsp3) is 0.278. The van der Waals surface area contributed by atoms with Crippen molar-refractivity contribution in [3.8, 4) is 16.9 Å². The number of phenols is 1. The molecule has 2 aromatic carbocycles. The molecule has 0 radical (unpaired) electrons. The van der Waals surface area contributed by atoms with Gasteiger partial charge in [0.05, 0.1) is 0 Å². The number of hydrogen-bond donors (Lipinski definition) is 1. The summed E-state index contributed by atoms with van der Waals surface area (Å²) in [5.74, 6) is 0.299. The molecule has 0 spiro atoms. The van der Waals surface area contributed by atoms with Gasteiger partial charge >= 0.3 is 37.9 Å². The molecule has 0 aliphatic rings. The van der Waals surface area contributed by atoms with Gasteiger partial charge in [0.15, 0.2) is 0 Å². The summed E-state index contributed by atoms with van der Waals surface area (Å²) in [4.78, 5) is 4.54. The number of hydrogen-bond acceptors (Lipinski definition) is 2. The average molecular weight is 430 g/mol. The summed E-state index contributed by atoms with van der Waals surface area (Å²) in [5, 5.41) is 10.4. The first-order valence-electron chi connectivity index (χ1n) is 7.54. The van der Waals surface area contributed by atoms with Gasteiger partial charge in [-0.1, -0.05) is 56.3 Å². The monoisotopic (exact) mass is 427 g/mol. The Morgan fingerprint density at radius 2 is 1.65 bits per heavy atom. The molecule has 2 nitrogen and oxygen atoms in total. The molecule has 0 saturated carbocycles. The Balaban J connectivity index is 0.000000816. The molecule has 0 aromatic heterocycles. The predicted molar refractivity (Wildman–Crippen MR) is 97.2 cm³/mol. The van der Waals surface area contributed by atoms with E-state index in [0.717, 1.165) is 29.5 Å². The first-order valence-corrected chi connectivity index (χ1v) is 13.9. The summed E-state index contributed by atoms with van der Waals surface area (Å²) in [6.07, 6.45) is 3.83. The van der Waals surface area contributed by atoms with Gasteiger partial charge in [-0.3, -0.25) is 4.99 Å². The van der Waals surface area contributed by atoms with Gasteiger partial charge < -0.3 is 5.11 Å². The first-order chi connectivity index (χ1) is 11.2. The van der Waals surface area contributed by atoms with Crippen LogP contribution in [-0.2, 0) is 20.8 Å². The average Bonchev–Trinajstić information content (AvgIpc) is 2.58. The van der Waals surface area contributed by atoms with Crippen LogP contribution in [0.2, 0.25) is 0 Å². The maximum atomic E-state index is 10.4. The van der Waals surface area contributed by atoms with E-state index < -0.39 is 20.8 Å². The Morgan fingerprint density at radius 1 is 1.04 bits per heavy atom. The van der Waals surface area contributed by atoms with Crippen molar-refractivity contribution in [2.24, 2.45) is 4.99 Å². The maximum absolute atomic E-state index is 10.4. The van der Waals surface area contributed by atoms with Crippen LogP contribution < -0.4 is 0 Å². The molecule has 1 N–H and O–H groups in total. The molecule has 23 heavy (non-hydrogen) atoms. The molecule has 5 heteroatoms. The van der Waals surface area contributed by atoms with Gasteiger partial charge in [-0.05, 0) is 24.5 Å². The van der Waals surface area contributed by atoms with Gasteiger partial charge in [0.1, 0.15) is 5.75 Å². The molecule has 0 amide bonds. The molecule has 2 rings (SSSR count). The summed E-state index contributed by atoms with van der Waals surface area (Å²) in [6, 6.07) is 16.0. The van der Waals surface area contributed by atoms with E-state index in [9.17, 15) is 5.11 Å². The van der Waals surface area contributed by atoms with Crippen LogP contribution in [0.1, 0.15) is 32.3 Å². The van der Waals surface area contributed by atoms with Gasteiger partial charge in [0.2, 0.25) is 0 Å². The van der Waals surface area contributed by atoms with Crippen LogP contribution in [0.25, 0.3) is 11.1 Å². The van der Waals surface area contributed by atoms with Crippen molar-refractivity contribution in [3.05, 3.63) is 54.1 Å². The number of halogens is 2. The standard InChI is InChI=1S/C18H21NO.2ClH.Zr/c1-3-16(4-2)19-13-15-11-8-12-17(18(15)20)14-9-6-5-7-10-14;;;/h5-13,16,20H,3-4H2,1-2H3;2*1H;/q;;;+2/p-2. The zero-order valence-electron chi connectivity index (χ0n) is 13.3. The molecule has 0 aliphatic carbocycles. The zero-order valence-corrected chi connectivity index (χ0v) is 17.3. The van der Waals surface area contributed by atoms with E-state index in [1.165, 1.54) is 0 Å². The molecule has 0 saturated heterocycles. The molecular formula is C18H21Cl2NOZr. The van der Waals surface area contributed by atoms with Crippen LogP contribution in [0.15, 0.2) is 53.5 Å². The summed E-state index contributed by atoms with van der Waals surface area (Å²) in [7, 11) is 9.87. The predicted octanol–water partition coefficient (Wildman–Crippen LogP) is 6.04. The van der Waals surface area contributed by atoms with Crippen LogP contribution in [-0.4, -0.2) is 17.4 Å². The molecule has 0 unspecified atom stereocenters. The second-order valence-corrected chi connectivity index (χ2v) is 8.66. The van der Waals surface area contributed by atoms with Crippen molar-refractivity contribution >= 4 is 23.2 Å². The number of benzene rings is 2. The molecular weight excluding hydrogens is 408 g/mol. The van der Waals surface area contributed by atoms with Crippen LogP contribution in [0, 0.1) is 0 Å². The van der Waals surface area contributed by atoms with Crippen LogP contribution in [0.3, 0.4) is 0 Å². The summed E-state index contributed by atoms with van der Waals surface area (Å²) in [6.45, 7) is 4.26. The first kappa shape index (κ1) is 20.4. The van der Waals surface area contributed by atoms with Crippen LogP contribution in [0.4, 0.5) is 0 Å². The minimum atomic E-state index is -0.826. The summed E-state index contributed by atoms with van der Waals surface area (Å²) < 4.78 is 0. The zero-order chi connectivity index (χ0) is 17.1. The Kier molecular flexibility index (Phi) is 10.5. The summed E-state index contributed by atoms with van der Waals surface area (Å²) in [5.41, 5.74) is 2.64. The number of nitrogens with zero attached hydrogens (tertiary/aromatic N) is 1. The van der Waals surface area contributed by atoms with Gasteiger partial charge in [0, 0.05) is 23.4 Å². The Hall–Kier alpha value is -0.627. The molecule has 2 aromatic rings. The van der Waals surface area contributed by atoms with E-state index in [1.807, 2.05) is 48.5 Å². The van der Waals surface area contributed by atoms with E-state index in [2.05, 4.69) is 18.8 Å². The quantitative estimate of drug-likeness (QED) is 0.577. The second kappa shape index (κ2) is 11.8. The van der Waals surface area contributed by atoms with Crippen molar-refractivity contribution in [2.45, 2.75) is 32.7 Å².